The Kier molecular flexibility index (Phi) is 7.52. The normalized spacial score (nSPS) is 15.7. The van der Waals surface area contributed by atoms with E-state index in [9.17, 15) is 39.6 Å². The van der Waals surface area contributed by atoms with Gasteiger partial charge in [-0.05, 0) is 70.8 Å². The second-order valence-electron chi connectivity index (χ2n) is 12.0. The number of amidine groups is 6. The molecule has 0 spiro atoms. The number of aromatic carboxylic acids is 4. The molecule has 4 aromatic carbocycles. The van der Waals surface area contributed by atoms with Gasteiger partial charge in [0.05, 0.1) is 45.4 Å². The van der Waals surface area contributed by atoms with Crippen molar-refractivity contribution in [1.29, 1.82) is 0 Å². The summed E-state index contributed by atoms with van der Waals surface area (Å²) in [6.07, 6.45) is 0. The van der Waals surface area contributed by atoms with E-state index in [1.165, 1.54) is 66.7 Å². The zero-order chi connectivity index (χ0) is 36.0. The smallest absolute Gasteiger partial charge is 0.545 e. The van der Waals surface area contributed by atoms with Crippen LogP contribution in [0.5, 0.6) is 0 Å². The maximum absolute atomic E-state index is 11.9. The predicted octanol–water partition coefficient (Wildman–Crippen LogP) is -5.96. The SMILES string of the molecule is O=C([O-])c1ccc2c(c1)C1=NC3=c4ccc(C(=O)[O-])cc4=C(N=C4N=C(N=C5[NH2+]C(=NC2=N1)c1cc(C(=O)[O-])ccc15)c1ccc(C(=O)[O-])cc14)[NH2+]3.[Fe+2]. The minimum Gasteiger partial charge on any atom is -0.545 e. The number of benzene rings is 4. The fourth-order valence-corrected chi connectivity index (χ4v) is 6.49. The van der Waals surface area contributed by atoms with Crippen LogP contribution in [0.2, 0.25) is 0 Å². The zero-order valence-corrected chi connectivity index (χ0v) is 27.5. The van der Waals surface area contributed by atoms with Gasteiger partial charge in [-0.3, -0.25) is 0 Å². The maximum atomic E-state index is 11.9. The van der Waals surface area contributed by atoms with E-state index in [1.807, 2.05) is 0 Å². The van der Waals surface area contributed by atoms with Gasteiger partial charge in [-0.15, -0.1) is 0 Å². The molecule has 17 heteroatoms. The molecule has 0 unspecified atom stereocenters. The average molecular weight is 744 g/mol. The van der Waals surface area contributed by atoms with Gasteiger partial charge in [0.25, 0.3) is 0 Å². The van der Waals surface area contributed by atoms with Crippen molar-refractivity contribution in [2.75, 3.05) is 0 Å². The first-order valence-electron chi connectivity index (χ1n) is 15.4. The van der Waals surface area contributed by atoms with Crippen LogP contribution in [-0.4, -0.2) is 58.9 Å². The summed E-state index contributed by atoms with van der Waals surface area (Å²) in [6.45, 7) is 0. The van der Waals surface area contributed by atoms with Gasteiger partial charge in [0.15, 0.2) is 23.3 Å². The van der Waals surface area contributed by atoms with Gasteiger partial charge in [0, 0.05) is 22.3 Å². The molecule has 53 heavy (non-hydrogen) atoms. The molecule has 256 valence electrons. The molecule has 0 saturated heterocycles. The number of nitrogens with two attached hydrogens (primary N) is 2. The van der Waals surface area contributed by atoms with Crippen LogP contribution < -0.4 is 41.5 Å². The molecule has 4 N–H and O–H groups in total. The second kappa shape index (κ2) is 12.0. The number of fused-ring (bicyclic) bond motifs is 16. The van der Waals surface area contributed by atoms with Crippen LogP contribution in [0.3, 0.4) is 0 Å². The summed E-state index contributed by atoms with van der Waals surface area (Å²) < 4.78 is 0. The number of nitrogens with zero attached hydrogens (tertiary/aromatic N) is 6. The molecule has 9 rings (SSSR count). The molecule has 5 heterocycles. The number of hydrogen-bond acceptors (Lipinski definition) is 14. The van der Waals surface area contributed by atoms with Crippen molar-refractivity contribution in [3.8, 4) is 0 Å². The number of carbonyl (C=O) groups excluding carboxylic acids is 4. The van der Waals surface area contributed by atoms with Crippen molar-refractivity contribution in [2.45, 2.75) is 0 Å². The number of carboxylic acids is 4. The summed E-state index contributed by atoms with van der Waals surface area (Å²) in [5.41, 5.74) is 1.80. The third-order valence-electron chi connectivity index (χ3n) is 8.96. The molecule has 5 aliphatic rings. The van der Waals surface area contributed by atoms with Crippen molar-refractivity contribution in [1.82, 2.24) is 0 Å². The molecule has 8 bridgehead atoms. The number of rotatable bonds is 4. The van der Waals surface area contributed by atoms with Crippen LogP contribution in [0.25, 0.3) is 11.6 Å². The Morgan fingerprint density at radius 1 is 0.396 bits per heavy atom. The van der Waals surface area contributed by atoms with Crippen LogP contribution >= 0.6 is 0 Å². The average Bonchev–Trinajstić information content (AvgIpc) is 3.85. The van der Waals surface area contributed by atoms with E-state index in [1.54, 1.807) is 16.7 Å². The number of hydrogen-bond donors (Lipinski definition) is 2. The van der Waals surface area contributed by atoms with Crippen molar-refractivity contribution in [2.24, 2.45) is 30.0 Å². The third kappa shape index (κ3) is 5.31. The van der Waals surface area contributed by atoms with Gasteiger partial charge in [-0.2, -0.15) is 20.0 Å². The molecule has 0 saturated carbocycles. The first-order chi connectivity index (χ1) is 25.0. The van der Waals surface area contributed by atoms with Crippen molar-refractivity contribution >= 4 is 70.5 Å². The number of quaternary nitrogens is 2. The fraction of sp³-hybridized carbons (Fsp3) is 0. The molecule has 0 aromatic heterocycles. The monoisotopic (exact) mass is 744 g/mol. The Balaban J connectivity index is 0.00000400. The maximum Gasteiger partial charge on any atom is 2.00 e. The largest absolute Gasteiger partial charge is 2.00 e. The van der Waals surface area contributed by atoms with Gasteiger partial charge < -0.3 is 39.6 Å². The van der Waals surface area contributed by atoms with E-state index in [0.717, 1.165) is 0 Å². The van der Waals surface area contributed by atoms with Crippen molar-refractivity contribution in [3.05, 3.63) is 139 Å². The van der Waals surface area contributed by atoms with E-state index in [4.69, 9.17) is 20.0 Å². The molecule has 0 aliphatic carbocycles. The van der Waals surface area contributed by atoms with E-state index in [0.29, 0.717) is 49.7 Å². The second-order valence-corrected chi connectivity index (χ2v) is 12.0. The third-order valence-corrected chi connectivity index (χ3v) is 8.96. The zero-order valence-electron chi connectivity index (χ0n) is 26.4. The topological polar surface area (TPSA) is 268 Å². The standard InChI is InChI=1S/C36H18N8O8.Fe/c45-33(46)13-1-5-17-21(9-13)29-38-25(17)37-26-18-6-2-15(35(49)50)11-23(18)31(39-26)44-32-24-12-16(36(51)52)4-8-20(24)28(43-32)42-30-22-10-14(34(47)48)3-7-19(22)27(40-29)41-30;/h1-12H,(H,45,46)(H,47,48)(H,49,50)(H,51,52)(H2,37,38,39,40,41,42,43,44);/q;+2/p-2. The molecule has 5 aliphatic heterocycles. The summed E-state index contributed by atoms with van der Waals surface area (Å²) in [5.74, 6) is -4.18. The van der Waals surface area contributed by atoms with E-state index < -0.39 is 23.9 Å². The molecule has 16 nitrogen and oxygen atoms in total. The van der Waals surface area contributed by atoms with Crippen LogP contribution in [0, 0.1) is 0 Å². The summed E-state index contributed by atoms with van der Waals surface area (Å²) in [4.78, 5) is 76.0. The van der Waals surface area contributed by atoms with Gasteiger partial charge in [0.1, 0.15) is 0 Å². The Labute approximate surface area is 305 Å². The van der Waals surface area contributed by atoms with E-state index in [-0.39, 0.29) is 80.1 Å². The fourth-order valence-electron chi connectivity index (χ4n) is 6.49. The first kappa shape index (κ1) is 33.1. The summed E-state index contributed by atoms with van der Waals surface area (Å²) in [6, 6.07) is 16.9. The Hall–Kier alpha value is -7.04. The number of carboxylic acid groups (broad SMARTS) is 4. The van der Waals surface area contributed by atoms with Gasteiger partial charge >= 0.3 is 17.1 Å². The van der Waals surface area contributed by atoms with Crippen molar-refractivity contribution < 1.29 is 67.3 Å². The minimum atomic E-state index is -1.43. The summed E-state index contributed by atoms with van der Waals surface area (Å²) >= 11 is 0. The Bertz CT molecular complexity index is 2820. The number of aliphatic imine (C=N–C) groups is 6. The van der Waals surface area contributed by atoms with Gasteiger partial charge in [-0.25, -0.2) is 20.6 Å². The van der Waals surface area contributed by atoms with Gasteiger partial charge in [0.2, 0.25) is 23.3 Å². The Morgan fingerprint density at radius 3 is 1.30 bits per heavy atom. The molecule has 4 aromatic rings. The quantitative estimate of drug-likeness (QED) is 0.190. The van der Waals surface area contributed by atoms with E-state index >= 15 is 0 Å². The molecular formula is C36H16FeN8O8. The number of carbonyl (C=O) groups is 4. The van der Waals surface area contributed by atoms with Crippen LogP contribution in [0.15, 0.2) is 103 Å². The van der Waals surface area contributed by atoms with Gasteiger partial charge in [-0.1, -0.05) is 24.3 Å². The van der Waals surface area contributed by atoms with Crippen LogP contribution in [0.1, 0.15) is 74.8 Å². The predicted molar refractivity (Wildman–Crippen MR) is 172 cm³/mol. The molecule has 0 atom stereocenters. The molecule has 0 amide bonds. The Morgan fingerprint density at radius 2 is 0.792 bits per heavy atom. The summed E-state index contributed by atoms with van der Waals surface area (Å²) in [7, 11) is 0. The summed E-state index contributed by atoms with van der Waals surface area (Å²) in [5, 5.41) is 51.5. The first-order valence-corrected chi connectivity index (χ1v) is 15.4. The van der Waals surface area contributed by atoms with Crippen molar-refractivity contribution in [3.63, 3.8) is 0 Å². The van der Waals surface area contributed by atoms with Crippen LogP contribution in [0.4, 0.5) is 0 Å². The molecule has 0 radical (unpaired) electrons. The van der Waals surface area contributed by atoms with E-state index in [2.05, 4.69) is 9.98 Å². The molecular weight excluding hydrogens is 728 g/mol. The molecule has 0 fully saturated rings. The minimum absolute atomic E-state index is 0. The van der Waals surface area contributed by atoms with Crippen LogP contribution in [-0.2, 0) is 17.1 Å².